The summed E-state index contributed by atoms with van der Waals surface area (Å²) in [5.41, 5.74) is 0. The lowest BCUT2D eigenvalue weighted by molar-refractivity contribution is -0.206. The summed E-state index contributed by atoms with van der Waals surface area (Å²) in [5, 5.41) is 29.5. The smallest absolute Gasteiger partial charge is 0.191 e. The maximum absolute atomic E-state index is 12.1. The van der Waals surface area contributed by atoms with Gasteiger partial charge in [-0.05, 0) is 36.9 Å². The first-order chi connectivity index (χ1) is 10.6. The quantitative estimate of drug-likeness (QED) is 0.455. The summed E-state index contributed by atoms with van der Waals surface area (Å²) in [5.74, 6) is -3.35. The summed E-state index contributed by atoms with van der Waals surface area (Å²) in [6.07, 6.45) is 1.91. The molecule has 0 amide bonds. The average molecular weight is 383 g/mol. The Morgan fingerprint density at radius 2 is 1.71 bits per heavy atom. The zero-order valence-corrected chi connectivity index (χ0v) is 17.6. The molecule has 1 aliphatic carbocycles. The van der Waals surface area contributed by atoms with Gasteiger partial charge in [0.15, 0.2) is 23.9 Å². The molecule has 3 N–H and O–H groups in total. The second-order valence-electron chi connectivity index (χ2n) is 8.66. The van der Waals surface area contributed by atoms with Gasteiger partial charge >= 0.3 is 0 Å². The fourth-order valence-electron chi connectivity index (χ4n) is 3.25. The van der Waals surface area contributed by atoms with Crippen molar-refractivity contribution < 1.29 is 28.2 Å². The molecular formula is C16H34O6SSi. The maximum Gasteiger partial charge on any atom is 0.191 e. The fourth-order valence-corrected chi connectivity index (χ4v) is 6.16. The second kappa shape index (κ2) is 7.32. The lowest BCUT2D eigenvalue weighted by atomic mass is 9.93. The Hall–Kier alpha value is 0.00688. The number of aliphatic hydroxyl groups excluding tert-OH is 1. The molecule has 0 saturated heterocycles. The van der Waals surface area contributed by atoms with Gasteiger partial charge in [0.05, 0.1) is 5.25 Å². The molecule has 6 nitrogen and oxygen atoms in total. The third-order valence-electron chi connectivity index (χ3n) is 5.77. The average Bonchev–Trinajstić information content (AvgIpc) is 2.81. The minimum absolute atomic E-state index is 0.0191. The van der Waals surface area contributed by atoms with Crippen LogP contribution in [0.4, 0.5) is 0 Å². The molecule has 0 bridgehead atoms. The second-order valence-corrected chi connectivity index (χ2v) is 15.7. The highest BCUT2D eigenvalue weighted by Crippen LogP contribution is 2.42. The van der Waals surface area contributed by atoms with E-state index in [4.69, 9.17) is 4.43 Å². The van der Waals surface area contributed by atoms with Crippen molar-refractivity contribution in [3.63, 3.8) is 0 Å². The molecular weight excluding hydrogens is 348 g/mol. The lowest BCUT2D eigenvalue weighted by Crippen LogP contribution is -2.48. The van der Waals surface area contributed by atoms with Gasteiger partial charge in [0, 0.05) is 31.8 Å². The van der Waals surface area contributed by atoms with E-state index in [2.05, 4.69) is 33.9 Å². The first-order valence-electron chi connectivity index (χ1n) is 8.52. The van der Waals surface area contributed by atoms with Gasteiger partial charge in [0.2, 0.25) is 0 Å². The number of aliphatic hydroxyl groups is 3. The molecule has 0 spiro atoms. The van der Waals surface area contributed by atoms with E-state index in [9.17, 15) is 23.7 Å². The Kier molecular flexibility index (Phi) is 6.73. The Morgan fingerprint density at radius 3 is 2.12 bits per heavy atom. The number of sulfone groups is 1. The molecule has 0 heterocycles. The van der Waals surface area contributed by atoms with E-state index in [0.717, 1.165) is 6.26 Å². The van der Waals surface area contributed by atoms with Crippen LogP contribution >= 0.6 is 0 Å². The molecule has 1 rings (SSSR count). The Labute approximate surface area is 147 Å². The summed E-state index contributed by atoms with van der Waals surface area (Å²) >= 11 is 0. The molecule has 0 radical (unpaired) electrons. The molecule has 1 fully saturated rings. The van der Waals surface area contributed by atoms with Crippen LogP contribution in [0.1, 0.15) is 40.0 Å². The highest BCUT2D eigenvalue weighted by Gasteiger charge is 2.51. The molecule has 24 heavy (non-hydrogen) atoms. The van der Waals surface area contributed by atoms with Crippen LogP contribution in [0.25, 0.3) is 0 Å². The van der Waals surface area contributed by atoms with Crippen molar-refractivity contribution in [3.05, 3.63) is 0 Å². The molecule has 0 aromatic rings. The summed E-state index contributed by atoms with van der Waals surface area (Å²) in [6, 6.07) is 0. The van der Waals surface area contributed by atoms with Crippen molar-refractivity contribution in [3.8, 4) is 0 Å². The largest absolute Gasteiger partial charge is 0.417 e. The van der Waals surface area contributed by atoms with E-state index in [1.54, 1.807) is 0 Å². The summed E-state index contributed by atoms with van der Waals surface area (Å²) in [6.45, 7) is 10.4. The molecule has 1 saturated carbocycles. The zero-order valence-electron chi connectivity index (χ0n) is 15.7. The van der Waals surface area contributed by atoms with Gasteiger partial charge in [0.25, 0.3) is 0 Å². The van der Waals surface area contributed by atoms with E-state index < -0.39 is 41.0 Å². The van der Waals surface area contributed by atoms with Crippen molar-refractivity contribution in [2.24, 2.45) is 11.8 Å². The zero-order chi connectivity index (χ0) is 19.0. The van der Waals surface area contributed by atoms with Crippen LogP contribution in [-0.4, -0.2) is 62.6 Å². The van der Waals surface area contributed by atoms with Crippen LogP contribution in [-0.2, 0) is 14.3 Å². The molecule has 0 aliphatic heterocycles. The molecule has 3 atom stereocenters. The van der Waals surface area contributed by atoms with Crippen LogP contribution in [0.5, 0.6) is 0 Å². The van der Waals surface area contributed by atoms with Crippen molar-refractivity contribution >= 4 is 18.2 Å². The van der Waals surface area contributed by atoms with E-state index in [-0.39, 0.29) is 24.7 Å². The predicted octanol–water partition coefficient (Wildman–Crippen LogP) is 1.51. The maximum atomic E-state index is 12.1. The number of rotatable bonds is 7. The molecule has 144 valence electrons. The van der Waals surface area contributed by atoms with E-state index in [0.29, 0.717) is 12.8 Å². The fraction of sp³-hybridized carbons (Fsp3) is 1.00. The van der Waals surface area contributed by atoms with Crippen LogP contribution in [0.2, 0.25) is 18.1 Å². The van der Waals surface area contributed by atoms with Crippen molar-refractivity contribution in [2.45, 2.75) is 69.2 Å². The van der Waals surface area contributed by atoms with Crippen LogP contribution in [0, 0.1) is 11.8 Å². The van der Waals surface area contributed by atoms with Gasteiger partial charge < -0.3 is 19.7 Å². The number of hydrogen-bond acceptors (Lipinski definition) is 6. The summed E-state index contributed by atoms with van der Waals surface area (Å²) < 4.78 is 30.1. The van der Waals surface area contributed by atoms with Gasteiger partial charge in [-0.25, -0.2) is 8.42 Å². The summed E-state index contributed by atoms with van der Waals surface area (Å²) in [4.78, 5) is 0. The lowest BCUT2D eigenvalue weighted by Gasteiger charge is -2.38. The van der Waals surface area contributed by atoms with Crippen molar-refractivity contribution in [1.82, 2.24) is 0 Å². The number of hydrogen-bond donors (Lipinski definition) is 3. The van der Waals surface area contributed by atoms with Gasteiger partial charge in [-0.15, -0.1) is 0 Å². The summed E-state index contributed by atoms with van der Waals surface area (Å²) in [7, 11) is -5.48. The Morgan fingerprint density at radius 1 is 1.17 bits per heavy atom. The van der Waals surface area contributed by atoms with Crippen LogP contribution in [0.15, 0.2) is 0 Å². The Bertz CT molecular complexity index is 523. The van der Waals surface area contributed by atoms with Crippen molar-refractivity contribution in [2.75, 3.05) is 19.5 Å². The third kappa shape index (κ3) is 5.01. The Balaban J connectivity index is 2.81. The van der Waals surface area contributed by atoms with E-state index in [1.807, 2.05) is 0 Å². The van der Waals surface area contributed by atoms with Gasteiger partial charge in [-0.3, -0.25) is 0 Å². The standard InChI is InChI=1S/C16H34O6SSi/c1-15(2,3)24(5,6)22-10-9-16(18,19)13-8-7-12(11-17)14(13)23(4,20)21/h12-14,17-19H,7-11H2,1-6H3. The molecule has 8 heteroatoms. The van der Waals surface area contributed by atoms with Crippen molar-refractivity contribution in [1.29, 1.82) is 0 Å². The third-order valence-corrected chi connectivity index (χ3v) is 12.0. The van der Waals surface area contributed by atoms with E-state index >= 15 is 0 Å². The highest BCUT2D eigenvalue weighted by molar-refractivity contribution is 7.91. The topological polar surface area (TPSA) is 104 Å². The van der Waals surface area contributed by atoms with Crippen LogP contribution < -0.4 is 0 Å². The predicted molar refractivity (Wildman–Crippen MR) is 96.9 cm³/mol. The van der Waals surface area contributed by atoms with Gasteiger partial charge in [-0.2, -0.15) is 0 Å². The molecule has 0 aromatic heterocycles. The molecule has 3 unspecified atom stereocenters. The first kappa shape index (κ1) is 22.0. The van der Waals surface area contributed by atoms with Gasteiger partial charge in [-0.1, -0.05) is 20.8 Å². The van der Waals surface area contributed by atoms with Crippen LogP contribution in [0.3, 0.4) is 0 Å². The minimum atomic E-state index is -3.48. The van der Waals surface area contributed by atoms with E-state index in [1.165, 1.54) is 0 Å². The highest BCUT2D eigenvalue weighted by atomic mass is 32.2. The normalized spacial score (nSPS) is 26.8. The first-order valence-corrected chi connectivity index (χ1v) is 13.4. The molecule has 1 aliphatic rings. The van der Waals surface area contributed by atoms with Gasteiger partial charge in [0.1, 0.15) is 0 Å². The minimum Gasteiger partial charge on any atom is -0.417 e. The monoisotopic (exact) mass is 382 g/mol. The SMILES string of the molecule is CC(C)(C)[Si](C)(C)OCCC(O)(O)C1CCC(CO)C1S(C)(=O)=O. The molecule has 0 aromatic carbocycles.